The Hall–Kier alpha value is -2.89. The van der Waals surface area contributed by atoms with Gasteiger partial charge < -0.3 is 14.5 Å². The average Bonchev–Trinajstić information content (AvgIpc) is 2.67. The van der Waals surface area contributed by atoms with Crippen LogP contribution in [0, 0.1) is 5.82 Å². The van der Waals surface area contributed by atoms with Gasteiger partial charge in [-0.3, -0.25) is 4.79 Å². The van der Waals surface area contributed by atoms with Gasteiger partial charge in [-0.15, -0.1) is 0 Å². The van der Waals surface area contributed by atoms with Gasteiger partial charge in [0.05, 0.1) is 19.1 Å². The number of carbonyl (C=O) groups excluding carboxylic acids is 2. The predicted octanol–water partition coefficient (Wildman–Crippen LogP) is 2.50. The van der Waals surface area contributed by atoms with E-state index in [0.717, 1.165) is 5.69 Å². The first-order chi connectivity index (χ1) is 12.6. The summed E-state index contributed by atoms with van der Waals surface area (Å²) in [6.07, 6.45) is 0.214. The van der Waals surface area contributed by atoms with E-state index in [2.05, 4.69) is 4.90 Å². The molecule has 1 amide bonds. The highest BCUT2D eigenvalue weighted by Gasteiger charge is 2.21. The van der Waals surface area contributed by atoms with Gasteiger partial charge in [-0.25, -0.2) is 9.18 Å². The largest absolute Gasteiger partial charge is 0.465 e. The number of carbonyl (C=O) groups is 2. The monoisotopic (exact) mass is 356 g/mol. The Morgan fingerprint density at radius 3 is 2.35 bits per heavy atom. The Morgan fingerprint density at radius 1 is 1.04 bits per heavy atom. The highest BCUT2D eigenvalue weighted by Crippen LogP contribution is 2.18. The molecule has 1 aliphatic heterocycles. The summed E-state index contributed by atoms with van der Waals surface area (Å²) < 4.78 is 17.9. The molecule has 1 fully saturated rings. The third-order valence-corrected chi connectivity index (χ3v) is 4.53. The number of halogens is 1. The van der Waals surface area contributed by atoms with E-state index in [1.165, 1.54) is 19.2 Å². The number of hydrogen-bond acceptors (Lipinski definition) is 4. The molecule has 0 aliphatic carbocycles. The average molecular weight is 356 g/mol. The van der Waals surface area contributed by atoms with Crippen molar-refractivity contribution in [3.8, 4) is 0 Å². The van der Waals surface area contributed by atoms with Gasteiger partial charge in [0.25, 0.3) is 0 Å². The maximum absolute atomic E-state index is 13.2. The molecule has 0 spiro atoms. The van der Waals surface area contributed by atoms with Gasteiger partial charge in [0.15, 0.2) is 0 Å². The molecule has 1 heterocycles. The van der Waals surface area contributed by atoms with Gasteiger partial charge in [-0.05, 0) is 42.0 Å². The second-order valence-electron chi connectivity index (χ2n) is 6.21. The van der Waals surface area contributed by atoms with E-state index in [4.69, 9.17) is 4.74 Å². The normalized spacial score (nSPS) is 14.2. The number of benzene rings is 2. The molecule has 0 aromatic heterocycles. The van der Waals surface area contributed by atoms with E-state index in [1.807, 2.05) is 17.0 Å². The number of rotatable bonds is 4. The molecule has 0 unspecified atom stereocenters. The Balaban J connectivity index is 1.55. The second-order valence-corrected chi connectivity index (χ2v) is 6.21. The number of methoxy groups -OCH3 is 1. The lowest BCUT2D eigenvalue weighted by Crippen LogP contribution is -2.49. The molecule has 0 radical (unpaired) electrons. The number of ether oxygens (including phenoxy) is 1. The van der Waals surface area contributed by atoms with Crippen molar-refractivity contribution in [2.75, 3.05) is 38.2 Å². The molecule has 2 aromatic carbocycles. The molecule has 1 saturated heterocycles. The van der Waals surface area contributed by atoms with Gasteiger partial charge in [0.1, 0.15) is 5.82 Å². The van der Waals surface area contributed by atoms with Crippen LogP contribution < -0.4 is 4.90 Å². The lowest BCUT2D eigenvalue weighted by Gasteiger charge is -2.36. The first kappa shape index (κ1) is 17.9. The zero-order chi connectivity index (χ0) is 18.5. The van der Waals surface area contributed by atoms with E-state index in [9.17, 15) is 14.0 Å². The van der Waals surface area contributed by atoms with Crippen molar-refractivity contribution in [1.29, 1.82) is 0 Å². The summed E-state index contributed by atoms with van der Waals surface area (Å²) in [5.74, 6) is -0.670. The van der Waals surface area contributed by atoms with E-state index < -0.39 is 0 Å². The SMILES string of the molecule is COC(=O)c1ccc(N2CCN(C(=O)Cc3cccc(F)c3)CC2)cc1. The molecule has 6 heteroatoms. The highest BCUT2D eigenvalue weighted by molar-refractivity contribution is 5.89. The summed E-state index contributed by atoms with van der Waals surface area (Å²) in [6.45, 7) is 2.67. The smallest absolute Gasteiger partial charge is 0.337 e. The van der Waals surface area contributed by atoms with E-state index >= 15 is 0 Å². The number of nitrogens with zero attached hydrogens (tertiary/aromatic N) is 2. The van der Waals surface area contributed by atoms with Crippen molar-refractivity contribution in [2.45, 2.75) is 6.42 Å². The molecule has 0 atom stereocenters. The van der Waals surface area contributed by atoms with Crippen LogP contribution in [0.4, 0.5) is 10.1 Å². The number of esters is 1. The van der Waals surface area contributed by atoms with Crippen LogP contribution >= 0.6 is 0 Å². The maximum Gasteiger partial charge on any atom is 0.337 e. The predicted molar refractivity (Wildman–Crippen MR) is 96.7 cm³/mol. The van der Waals surface area contributed by atoms with Gasteiger partial charge in [0, 0.05) is 31.9 Å². The van der Waals surface area contributed by atoms with Crippen LogP contribution in [0.25, 0.3) is 0 Å². The first-order valence-corrected chi connectivity index (χ1v) is 8.52. The minimum atomic E-state index is -0.357. The van der Waals surface area contributed by atoms with Crippen molar-refractivity contribution < 1.29 is 18.7 Å². The van der Waals surface area contributed by atoms with Crippen LogP contribution in [0.1, 0.15) is 15.9 Å². The topological polar surface area (TPSA) is 49.9 Å². The molecule has 0 N–H and O–H groups in total. The molecular weight excluding hydrogens is 335 g/mol. The quantitative estimate of drug-likeness (QED) is 0.790. The van der Waals surface area contributed by atoms with E-state index in [-0.39, 0.29) is 24.1 Å². The number of anilines is 1. The minimum Gasteiger partial charge on any atom is -0.465 e. The van der Waals surface area contributed by atoms with Crippen molar-refractivity contribution >= 4 is 17.6 Å². The number of hydrogen-bond donors (Lipinski definition) is 0. The maximum atomic E-state index is 13.2. The van der Waals surface area contributed by atoms with Gasteiger partial charge in [0.2, 0.25) is 5.91 Å². The van der Waals surface area contributed by atoms with Gasteiger partial charge in [-0.2, -0.15) is 0 Å². The van der Waals surface area contributed by atoms with Crippen LogP contribution in [0.2, 0.25) is 0 Å². The zero-order valence-electron chi connectivity index (χ0n) is 14.7. The molecule has 2 aromatic rings. The Labute approximate surface area is 152 Å². The molecule has 3 rings (SSSR count). The fraction of sp³-hybridized carbons (Fsp3) is 0.300. The number of amides is 1. The number of piperazine rings is 1. The van der Waals surface area contributed by atoms with Gasteiger partial charge in [-0.1, -0.05) is 12.1 Å². The molecule has 5 nitrogen and oxygen atoms in total. The Morgan fingerprint density at radius 2 is 1.73 bits per heavy atom. The molecule has 136 valence electrons. The first-order valence-electron chi connectivity index (χ1n) is 8.52. The summed E-state index contributed by atoms with van der Waals surface area (Å²) in [7, 11) is 1.36. The van der Waals surface area contributed by atoms with Crippen molar-refractivity contribution in [2.24, 2.45) is 0 Å². The summed E-state index contributed by atoms with van der Waals surface area (Å²) in [4.78, 5) is 27.9. The second kappa shape index (κ2) is 7.99. The van der Waals surface area contributed by atoms with Crippen LogP contribution in [0.5, 0.6) is 0 Å². The fourth-order valence-electron chi connectivity index (χ4n) is 3.07. The summed E-state index contributed by atoms with van der Waals surface area (Å²) in [6, 6.07) is 13.4. The third kappa shape index (κ3) is 4.20. The fourth-order valence-corrected chi connectivity index (χ4v) is 3.07. The van der Waals surface area contributed by atoms with Crippen LogP contribution in [-0.2, 0) is 16.0 Å². The van der Waals surface area contributed by atoms with Gasteiger partial charge >= 0.3 is 5.97 Å². The van der Waals surface area contributed by atoms with E-state index in [0.29, 0.717) is 37.3 Å². The summed E-state index contributed by atoms with van der Waals surface area (Å²) in [5, 5.41) is 0. The highest BCUT2D eigenvalue weighted by atomic mass is 19.1. The lowest BCUT2D eigenvalue weighted by molar-refractivity contribution is -0.130. The standard InChI is InChI=1S/C20H21FN2O3/c1-26-20(25)16-5-7-18(8-6-16)22-9-11-23(12-10-22)19(24)14-15-3-2-4-17(21)13-15/h2-8,13H,9-12,14H2,1H3. The lowest BCUT2D eigenvalue weighted by atomic mass is 10.1. The van der Waals surface area contributed by atoms with Crippen LogP contribution in [0.15, 0.2) is 48.5 Å². The molecule has 1 aliphatic rings. The summed E-state index contributed by atoms with van der Waals surface area (Å²) in [5.41, 5.74) is 2.21. The van der Waals surface area contributed by atoms with Crippen molar-refractivity contribution in [3.63, 3.8) is 0 Å². The Bertz CT molecular complexity index is 784. The van der Waals surface area contributed by atoms with Crippen molar-refractivity contribution in [3.05, 3.63) is 65.5 Å². The Kier molecular flexibility index (Phi) is 5.51. The van der Waals surface area contributed by atoms with Crippen molar-refractivity contribution in [1.82, 2.24) is 4.90 Å². The molecule has 26 heavy (non-hydrogen) atoms. The van der Waals surface area contributed by atoms with Crippen LogP contribution in [-0.4, -0.2) is 50.1 Å². The molecular formula is C20H21FN2O3. The summed E-state index contributed by atoms with van der Waals surface area (Å²) >= 11 is 0. The third-order valence-electron chi connectivity index (χ3n) is 4.53. The minimum absolute atomic E-state index is 0.0105. The van der Waals surface area contributed by atoms with Crippen LogP contribution in [0.3, 0.4) is 0 Å². The zero-order valence-corrected chi connectivity index (χ0v) is 14.7. The van der Waals surface area contributed by atoms with E-state index in [1.54, 1.807) is 24.3 Å². The molecule has 0 saturated carbocycles. The molecule has 0 bridgehead atoms.